The molecule has 0 bridgehead atoms. The van der Waals surface area contributed by atoms with Crippen LogP contribution >= 0.6 is 0 Å². The van der Waals surface area contributed by atoms with Crippen molar-refractivity contribution >= 4 is 11.6 Å². The lowest BCUT2D eigenvalue weighted by Gasteiger charge is -2.12. The second kappa shape index (κ2) is 8.31. The van der Waals surface area contributed by atoms with E-state index in [4.69, 9.17) is 15.2 Å². The summed E-state index contributed by atoms with van der Waals surface area (Å²) in [6.07, 6.45) is 0. The van der Waals surface area contributed by atoms with E-state index >= 15 is 0 Å². The minimum Gasteiger partial charge on any atom is -0.489 e. The second-order valence-electron chi connectivity index (χ2n) is 5.36. The van der Waals surface area contributed by atoms with Gasteiger partial charge in [-0.05, 0) is 24.6 Å². The summed E-state index contributed by atoms with van der Waals surface area (Å²) in [4.78, 5) is 11.9. The van der Waals surface area contributed by atoms with Crippen molar-refractivity contribution in [1.29, 1.82) is 0 Å². The van der Waals surface area contributed by atoms with Crippen LogP contribution in [0.15, 0.2) is 48.5 Å². The van der Waals surface area contributed by atoms with Gasteiger partial charge in [0.15, 0.2) is 0 Å². The number of nitrogens with two attached hydrogens (primary N) is 1. The van der Waals surface area contributed by atoms with Crippen molar-refractivity contribution in [3.63, 3.8) is 0 Å². The number of carbonyl (C=O) groups is 1. The summed E-state index contributed by atoms with van der Waals surface area (Å²) in [6, 6.07) is 14.7. The number of rotatable bonds is 7. The Hall–Kier alpha value is -2.37. The largest absolute Gasteiger partial charge is 0.489 e. The molecule has 0 aromatic heterocycles. The number of anilines is 1. The van der Waals surface area contributed by atoms with Gasteiger partial charge in [0, 0.05) is 18.9 Å². The van der Waals surface area contributed by atoms with Crippen LogP contribution in [0.3, 0.4) is 0 Å². The Morgan fingerprint density at radius 1 is 1.22 bits per heavy atom. The maximum absolute atomic E-state index is 11.9. The molecule has 3 N–H and O–H groups in total. The van der Waals surface area contributed by atoms with Gasteiger partial charge in [-0.15, -0.1) is 0 Å². The van der Waals surface area contributed by atoms with Gasteiger partial charge in [0.2, 0.25) is 5.91 Å². The summed E-state index contributed by atoms with van der Waals surface area (Å²) in [6.45, 7) is 2.69. The summed E-state index contributed by atoms with van der Waals surface area (Å²) >= 11 is 0. The number of benzene rings is 2. The van der Waals surface area contributed by atoms with Crippen molar-refractivity contribution in [3.05, 3.63) is 59.7 Å². The van der Waals surface area contributed by atoms with Crippen LogP contribution in [0, 0.1) is 6.92 Å². The lowest BCUT2D eigenvalue weighted by Crippen LogP contribution is -2.39. The maximum atomic E-state index is 11.9. The van der Waals surface area contributed by atoms with Crippen LogP contribution in [-0.4, -0.2) is 25.7 Å². The number of methoxy groups -OCH3 is 1. The minimum atomic E-state index is -0.697. The van der Waals surface area contributed by atoms with Gasteiger partial charge in [-0.2, -0.15) is 0 Å². The van der Waals surface area contributed by atoms with Crippen LogP contribution in [0.4, 0.5) is 5.69 Å². The number of nitrogens with one attached hydrogen (secondary N) is 1. The fourth-order valence-electron chi connectivity index (χ4n) is 2.12. The van der Waals surface area contributed by atoms with Crippen LogP contribution in [0.1, 0.15) is 11.1 Å². The standard InChI is InChI=1S/C18H22N2O3/c1-13-5-3-6-14(9-13)11-23-16-8-4-7-15(10-16)20-18(21)17(19)12-22-2/h3-10,17H,11-12,19H2,1-2H3,(H,20,21). The average Bonchev–Trinajstić information content (AvgIpc) is 2.53. The van der Waals surface area contributed by atoms with E-state index in [-0.39, 0.29) is 12.5 Å². The Morgan fingerprint density at radius 3 is 2.74 bits per heavy atom. The first-order valence-corrected chi connectivity index (χ1v) is 7.42. The van der Waals surface area contributed by atoms with Gasteiger partial charge in [-0.3, -0.25) is 4.79 Å². The number of hydrogen-bond donors (Lipinski definition) is 2. The first-order valence-electron chi connectivity index (χ1n) is 7.42. The molecular weight excluding hydrogens is 292 g/mol. The summed E-state index contributed by atoms with van der Waals surface area (Å²) in [5, 5.41) is 2.75. The highest BCUT2D eigenvalue weighted by Crippen LogP contribution is 2.19. The molecule has 0 heterocycles. The molecule has 0 saturated carbocycles. The summed E-state index contributed by atoms with van der Waals surface area (Å²) in [5.74, 6) is 0.396. The Balaban J connectivity index is 1.95. The molecular formula is C18H22N2O3. The molecule has 2 aromatic carbocycles. The van der Waals surface area contributed by atoms with Crippen molar-refractivity contribution in [2.45, 2.75) is 19.6 Å². The highest BCUT2D eigenvalue weighted by atomic mass is 16.5. The minimum absolute atomic E-state index is 0.176. The van der Waals surface area contributed by atoms with Crippen LogP contribution in [0.5, 0.6) is 5.75 Å². The van der Waals surface area contributed by atoms with Crippen LogP contribution in [0.2, 0.25) is 0 Å². The molecule has 122 valence electrons. The highest BCUT2D eigenvalue weighted by Gasteiger charge is 2.13. The van der Waals surface area contributed by atoms with Gasteiger partial charge in [0.05, 0.1) is 6.61 Å². The van der Waals surface area contributed by atoms with E-state index in [1.54, 1.807) is 12.1 Å². The first-order chi connectivity index (χ1) is 11.1. The zero-order valence-electron chi connectivity index (χ0n) is 13.4. The van der Waals surface area contributed by atoms with Gasteiger partial charge in [-0.25, -0.2) is 0 Å². The molecule has 0 fully saturated rings. The molecule has 5 nitrogen and oxygen atoms in total. The van der Waals surface area contributed by atoms with Gasteiger partial charge in [0.1, 0.15) is 18.4 Å². The third-order valence-corrected chi connectivity index (χ3v) is 3.27. The zero-order chi connectivity index (χ0) is 16.7. The molecule has 5 heteroatoms. The van der Waals surface area contributed by atoms with Crippen molar-refractivity contribution < 1.29 is 14.3 Å². The molecule has 0 spiro atoms. The van der Waals surface area contributed by atoms with E-state index in [1.165, 1.54) is 12.7 Å². The predicted octanol–water partition coefficient (Wildman–Crippen LogP) is 2.49. The molecule has 1 amide bonds. The van der Waals surface area contributed by atoms with E-state index in [0.29, 0.717) is 18.0 Å². The highest BCUT2D eigenvalue weighted by molar-refractivity contribution is 5.94. The van der Waals surface area contributed by atoms with Crippen molar-refractivity contribution in [3.8, 4) is 5.75 Å². The fourth-order valence-corrected chi connectivity index (χ4v) is 2.12. The van der Waals surface area contributed by atoms with Crippen molar-refractivity contribution in [2.24, 2.45) is 5.73 Å². The maximum Gasteiger partial charge on any atom is 0.243 e. The van der Waals surface area contributed by atoms with Gasteiger partial charge in [-0.1, -0.05) is 35.9 Å². The van der Waals surface area contributed by atoms with Gasteiger partial charge in [0.25, 0.3) is 0 Å². The molecule has 0 aliphatic carbocycles. The Bertz CT molecular complexity index is 658. The van der Waals surface area contributed by atoms with E-state index in [1.807, 2.05) is 37.3 Å². The summed E-state index contributed by atoms with van der Waals surface area (Å²) in [5.41, 5.74) is 8.63. The summed E-state index contributed by atoms with van der Waals surface area (Å²) in [7, 11) is 1.51. The molecule has 2 aromatic rings. The number of hydrogen-bond acceptors (Lipinski definition) is 4. The molecule has 0 aliphatic rings. The second-order valence-corrected chi connectivity index (χ2v) is 5.36. The van der Waals surface area contributed by atoms with Crippen molar-refractivity contribution in [2.75, 3.05) is 19.0 Å². The first kappa shape index (κ1) is 17.0. The average molecular weight is 314 g/mol. The molecule has 23 heavy (non-hydrogen) atoms. The smallest absolute Gasteiger partial charge is 0.243 e. The lowest BCUT2D eigenvalue weighted by molar-refractivity contribution is -0.118. The number of carbonyl (C=O) groups excluding carboxylic acids is 1. The van der Waals surface area contributed by atoms with E-state index < -0.39 is 6.04 Å². The van der Waals surface area contributed by atoms with E-state index in [0.717, 1.165) is 5.56 Å². The number of aryl methyl sites for hydroxylation is 1. The Labute approximate surface area is 136 Å². The van der Waals surface area contributed by atoms with Gasteiger partial charge < -0.3 is 20.5 Å². The Kier molecular flexibility index (Phi) is 6.14. The molecule has 0 saturated heterocycles. The topological polar surface area (TPSA) is 73.6 Å². The Morgan fingerprint density at radius 2 is 2.00 bits per heavy atom. The third-order valence-electron chi connectivity index (χ3n) is 3.27. The van der Waals surface area contributed by atoms with Crippen LogP contribution < -0.4 is 15.8 Å². The van der Waals surface area contributed by atoms with Gasteiger partial charge >= 0.3 is 0 Å². The quantitative estimate of drug-likeness (QED) is 0.823. The van der Waals surface area contributed by atoms with Crippen molar-refractivity contribution in [1.82, 2.24) is 0 Å². The van der Waals surface area contributed by atoms with E-state index in [2.05, 4.69) is 11.4 Å². The predicted molar refractivity (Wildman–Crippen MR) is 90.4 cm³/mol. The van der Waals surface area contributed by atoms with Crippen LogP contribution in [-0.2, 0) is 16.1 Å². The molecule has 1 unspecified atom stereocenters. The normalized spacial score (nSPS) is 11.8. The zero-order valence-corrected chi connectivity index (χ0v) is 13.4. The molecule has 2 rings (SSSR count). The van der Waals surface area contributed by atoms with E-state index in [9.17, 15) is 4.79 Å². The number of amides is 1. The number of ether oxygens (including phenoxy) is 2. The fraction of sp³-hybridized carbons (Fsp3) is 0.278. The summed E-state index contributed by atoms with van der Waals surface area (Å²) < 4.78 is 10.6. The SMILES string of the molecule is COCC(N)C(=O)Nc1cccc(OCc2cccc(C)c2)c1. The lowest BCUT2D eigenvalue weighted by atomic mass is 10.1. The third kappa shape index (κ3) is 5.39. The molecule has 0 radical (unpaired) electrons. The molecule has 1 atom stereocenters. The van der Waals surface area contributed by atoms with Crippen LogP contribution in [0.25, 0.3) is 0 Å². The molecule has 0 aliphatic heterocycles. The monoisotopic (exact) mass is 314 g/mol.